The first kappa shape index (κ1) is 12.3. The van der Waals surface area contributed by atoms with E-state index in [2.05, 4.69) is 5.32 Å². The smallest absolute Gasteiger partial charge is 0.280 e. The molecular formula is C10H6F3N3O2. The molecule has 1 aliphatic rings. The highest BCUT2D eigenvalue weighted by atomic mass is 19.4. The van der Waals surface area contributed by atoms with Crippen LogP contribution in [0.2, 0.25) is 0 Å². The fourth-order valence-corrected chi connectivity index (χ4v) is 1.77. The van der Waals surface area contributed by atoms with E-state index in [1.807, 2.05) is 0 Å². The lowest BCUT2D eigenvalue weighted by molar-refractivity contribution is -0.384. The monoisotopic (exact) mass is 257 g/mol. The molecule has 0 radical (unpaired) electrons. The Morgan fingerprint density at radius 3 is 2.28 bits per heavy atom. The summed E-state index contributed by atoms with van der Waals surface area (Å²) in [6, 6.07) is 4.09. The first-order valence-electron chi connectivity index (χ1n) is 4.82. The van der Waals surface area contributed by atoms with Gasteiger partial charge in [0, 0.05) is 12.1 Å². The molecule has 18 heavy (non-hydrogen) atoms. The number of nitro benzene ring substituents is 1. The highest BCUT2D eigenvalue weighted by Crippen LogP contribution is 2.46. The van der Waals surface area contributed by atoms with Gasteiger partial charge < -0.3 is 0 Å². The number of nitriles is 1. The molecule has 1 fully saturated rings. The van der Waals surface area contributed by atoms with Crippen molar-refractivity contribution < 1.29 is 18.1 Å². The summed E-state index contributed by atoms with van der Waals surface area (Å²) in [6.45, 7) is 0. The van der Waals surface area contributed by atoms with E-state index >= 15 is 0 Å². The SMILES string of the molecule is N#C[C@@]1(c2ccc([N+](=O)[O-])cc2)N[C@@H]1C(F)(F)F. The molecule has 0 aliphatic carbocycles. The van der Waals surface area contributed by atoms with Crippen LogP contribution in [0.4, 0.5) is 18.9 Å². The van der Waals surface area contributed by atoms with Gasteiger partial charge in [0.2, 0.25) is 0 Å². The van der Waals surface area contributed by atoms with Crippen LogP contribution in [0.25, 0.3) is 0 Å². The average molecular weight is 257 g/mol. The summed E-state index contributed by atoms with van der Waals surface area (Å²) in [5.74, 6) is 0. The van der Waals surface area contributed by atoms with Crippen LogP contribution in [0, 0.1) is 21.4 Å². The Morgan fingerprint density at radius 2 is 1.94 bits per heavy atom. The van der Waals surface area contributed by atoms with Gasteiger partial charge in [-0.1, -0.05) is 0 Å². The maximum atomic E-state index is 12.5. The summed E-state index contributed by atoms with van der Waals surface area (Å²) < 4.78 is 37.5. The zero-order chi connectivity index (χ0) is 13.6. The minimum Gasteiger partial charge on any atom is -0.280 e. The van der Waals surface area contributed by atoms with Crippen molar-refractivity contribution in [2.75, 3.05) is 0 Å². The number of nitrogens with one attached hydrogen (secondary N) is 1. The van der Waals surface area contributed by atoms with Gasteiger partial charge in [-0.15, -0.1) is 0 Å². The second-order valence-corrected chi connectivity index (χ2v) is 3.84. The van der Waals surface area contributed by atoms with Gasteiger partial charge in [0.05, 0.1) is 11.0 Å². The number of halogens is 3. The Labute approximate surface area is 99.0 Å². The molecule has 94 valence electrons. The van der Waals surface area contributed by atoms with Crippen LogP contribution >= 0.6 is 0 Å². The molecule has 5 nitrogen and oxygen atoms in total. The molecule has 1 saturated heterocycles. The van der Waals surface area contributed by atoms with Crippen molar-refractivity contribution in [3.05, 3.63) is 39.9 Å². The number of benzene rings is 1. The van der Waals surface area contributed by atoms with E-state index in [0.29, 0.717) is 0 Å². The summed E-state index contributed by atoms with van der Waals surface area (Å²) in [7, 11) is 0. The average Bonchev–Trinajstić information content (AvgIpc) is 3.05. The fraction of sp³-hybridized carbons (Fsp3) is 0.300. The van der Waals surface area contributed by atoms with Crippen molar-refractivity contribution in [3.8, 4) is 6.07 Å². The third-order valence-electron chi connectivity index (χ3n) is 2.76. The molecule has 1 aromatic rings. The first-order valence-corrected chi connectivity index (χ1v) is 4.82. The number of nitro groups is 1. The molecule has 2 rings (SSSR count). The van der Waals surface area contributed by atoms with Crippen LogP contribution in [0.3, 0.4) is 0 Å². The lowest BCUT2D eigenvalue weighted by Gasteiger charge is -2.08. The third kappa shape index (κ3) is 1.78. The minimum atomic E-state index is -4.53. The fourth-order valence-electron chi connectivity index (χ4n) is 1.77. The predicted octanol–water partition coefficient (Wildman–Crippen LogP) is 1.85. The highest BCUT2D eigenvalue weighted by molar-refractivity contribution is 5.46. The van der Waals surface area contributed by atoms with Crippen molar-refractivity contribution in [1.82, 2.24) is 5.32 Å². The molecule has 0 saturated carbocycles. The van der Waals surface area contributed by atoms with Crippen molar-refractivity contribution in [3.63, 3.8) is 0 Å². The van der Waals surface area contributed by atoms with Crippen LogP contribution in [0.5, 0.6) is 0 Å². The lowest BCUT2D eigenvalue weighted by Crippen LogP contribution is -2.24. The van der Waals surface area contributed by atoms with Gasteiger partial charge in [-0.05, 0) is 17.7 Å². The van der Waals surface area contributed by atoms with Gasteiger partial charge in [0.25, 0.3) is 5.69 Å². The molecular weight excluding hydrogens is 251 g/mol. The van der Waals surface area contributed by atoms with E-state index in [4.69, 9.17) is 5.26 Å². The molecule has 1 aliphatic heterocycles. The van der Waals surface area contributed by atoms with E-state index in [-0.39, 0.29) is 11.3 Å². The maximum absolute atomic E-state index is 12.5. The lowest BCUT2D eigenvalue weighted by atomic mass is 9.96. The summed E-state index contributed by atoms with van der Waals surface area (Å²) in [6.07, 6.45) is -4.53. The van der Waals surface area contributed by atoms with Crippen LogP contribution < -0.4 is 5.32 Å². The number of hydrogen-bond donors (Lipinski definition) is 1. The standard InChI is InChI=1S/C10H6F3N3O2/c11-10(12,13)8-9(5-14,15-8)6-1-3-7(4-2-6)16(17)18/h1-4,8,15H/t8-,9-/m0/s1. The maximum Gasteiger partial charge on any atom is 0.407 e. The van der Waals surface area contributed by atoms with Crippen LogP contribution in [0.15, 0.2) is 24.3 Å². The number of alkyl halides is 3. The molecule has 1 heterocycles. The Kier molecular flexibility index (Phi) is 2.52. The molecule has 0 unspecified atom stereocenters. The summed E-state index contributed by atoms with van der Waals surface area (Å²) in [5, 5.41) is 21.4. The highest BCUT2D eigenvalue weighted by Gasteiger charge is 2.68. The second kappa shape index (κ2) is 3.68. The number of non-ortho nitro benzene ring substituents is 1. The van der Waals surface area contributed by atoms with Crippen molar-refractivity contribution in [2.24, 2.45) is 0 Å². The Balaban J connectivity index is 2.32. The van der Waals surface area contributed by atoms with Crippen LogP contribution in [-0.2, 0) is 5.54 Å². The van der Waals surface area contributed by atoms with Crippen molar-refractivity contribution >= 4 is 5.69 Å². The van der Waals surface area contributed by atoms with Crippen LogP contribution in [0.1, 0.15) is 5.56 Å². The molecule has 8 heteroatoms. The molecule has 0 aromatic heterocycles. The zero-order valence-electron chi connectivity index (χ0n) is 8.73. The molecule has 0 amide bonds. The van der Waals surface area contributed by atoms with E-state index < -0.39 is 22.7 Å². The minimum absolute atomic E-state index is 0.0675. The molecule has 0 bridgehead atoms. The number of hydrogen-bond acceptors (Lipinski definition) is 4. The summed E-state index contributed by atoms with van der Waals surface area (Å²) >= 11 is 0. The van der Waals surface area contributed by atoms with E-state index in [1.165, 1.54) is 0 Å². The van der Waals surface area contributed by atoms with Gasteiger partial charge in [-0.3, -0.25) is 15.4 Å². The molecule has 0 spiro atoms. The first-order chi connectivity index (χ1) is 8.31. The Bertz CT molecular complexity index is 535. The Hall–Kier alpha value is -2.14. The van der Waals surface area contributed by atoms with Gasteiger partial charge in [-0.25, -0.2) is 0 Å². The zero-order valence-corrected chi connectivity index (χ0v) is 8.73. The van der Waals surface area contributed by atoms with Gasteiger partial charge >= 0.3 is 6.18 Å². The quantitative estimate of drug-likeness (QED) is 0.497. The third-order valence-corrected chi connectivity index (χ3v) is 2.76. The van der Waals surface area contributed by atoms with Gasteiger partial charge in [-0.2, -0.15) is 18.4 Å². The predicted molar refractivity (Wildman–Crippen MR) is 53.4 cm³/mol. The van der Waals surface area contributed by atoms with Crippen molar-refractivity contribution in [2.45, 2.75) is 17.8 Å². The van der Waals surface area contributed by atoms with E-state index in [1.54, 1.807) is 6.07 Å². The summed E-state index contributed by atoms with van der Waals surface area (Å²) in [4.78, 5) is 9.75. The van der Waals surface area contributed by atoms with Crippen molar-refractivity contribution in [1.29, 1.82) is 5.26 Å². The number of rotatable bonds is 2. The molecule has 2 atom stereocenters. The largest absolute Gasteiger partial charge is 0.407 e. The van der Waals surface area contributed by atoms with E-state index in [9.17, 15) is 23.3 Å². The summed E-state index contributed by atoms with van der Waals surface area (Å²) in [5.41, 5.74) is -2.00. The number of nitrogens with zero attached hydrogens (tertiary/aromatic N) is 2. The topological polar surface area (TPSA) is 88.9 Å². The second-order valence-electron chi connectivity index (χ2n) is 3.84. The Morgan fingerprint density at radius 1 is 1.39 bits per heavy atom. The molecule has 1 aromatic carbocycles. The van der Waals surface area contributed by atoms with Gasteiger partial charge in [0.1, 0.15) is 6.04 Å². The normalized spacial score (nSPS) is 26.4. The van der Waals surface area contributed by atoms with Gasteiger partial charge in [0.15, 0.2) is 5.54 Å². The van der Waals surface area contributed by atoms with E-state index in [0.717, 1.165) is 24.3 Å². The van der Waals surface area contributed by atoms with Crippen LogP contribution in [-0.4, -0.2) is 17.1 Å². The molecule has 1 N–H and O–H groups in total.